The summed E-state index contributed by atoms with van der Waals surface area (Å²) in [5, 5.41) is 5.24. The van der Waals surface area contributed by atoms with Crippen molar-refractivity contribution >= 4 is 45.0 Å². The summed E-state index contributed by atoms with van der Waals surface area (Å²) in [6.45, 7) is 2.94. The number of carbonyl (C=O) groups excluding carboxylic acids is 3. The van der Waals surface area contributed by atoms with E-state index in [1.165, 1.54) is 31.0 Å². The summed E-state index contributed by atoms with van der Waals surface area (Å²) in [6.07, 6.45) is 1.42. The molecule has 5 amide bonds. The zero-order valence-corrected chi connectivity index (χ0v) is 21.4. The molecule has 14 heteroatoms. The Morgan fingerprint density at radius 2 is 1.62 bits per heavy atom. The molecule has 1 aromatic heterocycles. The van der Waals surface area contributed by atoms with Gasteiger partial charge in [-0.15, -0.1) is 0 Å². The number of amides is 5. The third-order valence-corrected chi connectivity index (χ3v) is 7.47. The average molecular weight is 562 g/mol. The highest BCUT2D eigenvalue weighted by Crippen LogP contribution is 2.35. The second-order valence-corrected chi connectivity index (χ2v) is 10.9. The Morgan fingerprint density at radius 3 is 2.23 bits per heavy atom. The Hall–Kier alpha value is -4.46. The fraction of sp³-hybridized carbons (Fsp3) is 0.200. The van der Waals surface area contributed by atoms with E-state index in [1.807, 2.05) is 0 Å². The Kier molecular flexibility index (Phi) is 7.08. The van der Waals surface area contributed by atoms with E-state index in [4.69, 9.17) is 0 Å². The highest BCUT2D eigenvalue weighted by Gasteiger charge is 2.52. The molecule has 3 aromatic rings. The summed E-state index contributed by atoms with van der Waals surface area (Å²) in [4.78, 5) is 43.8. The molecule has 1 aliphatic heterocycles. The quantitative estimate of drug-likeness (QED) is 0.418. The SMILES string of the molecule is CC1(C)C(=O)N(c2ccc(S(=O)(=O)C(F)(F)F)cc2)C(=O)N1Cc1ccnc(NC(=O)Nc2ccccc2)c1. The van der Waals surface area contributed by atoms with Gasteiger partial charge in [0.1, 0.15) is 11.4 Å². The molecule has 0 aliphatic carbocycles. The van der Waals surface area contributed by atoms with Crippen LogP contribution < -0.4 is 15.5 Å². The molecule has 2 heterocycles. The van der Waals surface area contributed by atoms with Gasteiger partial charge in [0, 0.05) is 18.4 Å². The van der Waals surface area contributed by atoms with Crippen molar-refractivity contribution < 1.29 is 36.0 Å². The number of sulfone groups is 1. The molecule has 1 aliphatic rings. The summed E-state index contributed by atoms with van der Waals surface area (Å²) in [5.41, 5.74) is -5.83. The standard InChI is InChI=1S/C25H22F3N5O5S/c1-24(2)21(34)33(18-8-10-19(11-9-18)39(37,38)25(26,27)28)23(36)32(24)15-16-12-13-29-20(14-16)31-22(35)30-17-6-4-3-5-7-17/h3-14H,15H2,1-2H3,(H2,29,30,31,35). The normalized spacial score (nSPS) is 15.4. The number of urea groups is 2. The Balaban J connectivity index is 1.52. The van der Waals surface area contributed by atoms with E-state index in [2.05, 4.69) is 15.6 Å². The lowest BCUT2D eigenvalue weighted by atomic mass is 10.0. The molecule has 2 aromatic carbocycles. The monoisotopic (exact) mass is 561 g/mol. The number of alkyl halides is 3. The highest BCUT2D eigenvalue weighted by molar-refractivity contribution is 7.92. The number of nitrogens with one attached hydrogen (secondary N) is 2. The zero-order valence-electron chi connectivity index (χ0n) is 20.6. The summed E-state index contributed by atoms with van der Waals surface area (Å²) in [5.74, 6) is -0.469. The number of carbonyl (C=O) groups is 3. The second kappa shape index (κ2) is 10.0. The van der Waals surface area contributed by atoms with Gasteiger partial charge in [-0.3, -0.25) is 10.1 Å². The number of benzene rings is 2. The van der Waals surface area contributed by atoms with Crippen LogP contribution in [-0.4, -0.2) is 47.3 Å². The fourth-order valence-corrected chi connectivity index (χ4v) is 4.62. The van der Waals surface area contributed by atoms with E-state index in [0.717, 1.165) is 17.0 Å². The Morgan fingerprint density at radius 1 is 0.974 bits per heavy atom. The topological polar surface area (TPSA) is 129 Å². The molecule has 204 valence electrons. The van der Waals surface area contributed by atoms with Crippen molar-refractivity contribution in [2.24, 2.45) is 0 Å². The Bertz CT molecular complexity index is 1530. The number of hydrogen-bond donors (Lipinski definition) is 2. The van der Waals surface area contributed by atoms with Gasteiger partial charge in [-0.25, -0.2) is 27.9 Å². The van der Waals surface area contributed by atoms with Crippen molar-refractivity contribution in [1.82, 2.24) is 9.88 Å². The van der Waals surface area contributed by atoms with E-state index in [1.54, 1.807) is 36.4 Å². The molecule has 0 saturated carbocycles. The predicted octanol–water partition coefficient (Wildman–Crippen LogP) is 4.77. The Labute approximate surface area is 221 Å². The summed E-state index contributed by atoms with van der Waals surface area (Å²) in [6, 6.07) is 13.9. The van der Waals surface area contributed by atoms with E-state index in [9.17, 15) is 36.0 Å². The van der Waals surface area contributed by atoms with Gasteiger partial charge in [0.15, 0.2) is 0 Å². The number of halogens is 3. The van der Waals surface area contributed by atoms with Crippen molar-refractivity contribution in [2.75, 3.05) is 15.5 Å². The van der Waals surface area contributed by atoms with E-state index in [0.29, 0.717) is 23.4 Å². The molecule has 0 radical (unpaired) electrons. The number of pyridine rings is 1. The number of rotatable bonds is 6. The first kappa shape index (κ1) is 27.6. The number of imide groups is 1. The van der Waals surface area contributed by atoms with Crippen molar-refractivity contribution in [3.8, 4) is 0 Å². The van der Waals surface area contributed by atoms with Gasteiger partial charge in [-0.1, -0.05) is 18.2 Å². The molecule has 2 N–H and O–H groups in total. The minimum atomic E-state index is -5.59. The summed E-state index contributed by atoms with van der Waals surface area (Å²) in [7, 11) is -5.59. The van der Waals surface area contributed by atoms with Crippen LogP contribution in [0.3, 0.4) is 0 Å². The third kappa shape index (κ3) is 5.41. The lowest BCUT2D eigenvalue weighted by molar-refractivity contribution is -0.123. The molecule has 1 saturated heterocycles. The molecule has 39 heavy (non-hydrogen) atoms. The maximum atomic E-state index is 13.3. The van der Waals surface area contributed by atoms with Gasteiger partial charge in [-0.2, -0.15) is 13.2 Å². The summed E-state index contributed by atoms with van der Waals surface area (Å²) >= 11 is 0. The minimum absolute atomic E-state index is 0.0634. The largest absolute Gasteiger partial charge is 0.501 e. The number of para-hydroxylation sites is 1. The number of anilines is 3. The molecule has 0 atom stereocenters. The average Bonchev–Trinajstić information content (AvgIpc) is 3.03. The van der Waals surface area contributed by atoms with Crippen LogP contribution in [0.2, 0.25) is 0 Å². The van der Waals surface area contributed by atoms with Gasteiger partial charge in [0.05, 0.1) is 10.6 Å². The molecule has 0 spiro atoms. The highest BCUT2D eigenvalue weighted by atomic mass is 32.2. The molecule has 1 fully saturated rings. The predicted molar refractivity (Wildman–Crippen MR) is 136 cm³/mol. The van der Waals surface area contributed by atoms with Gasteiger partial charge in [0.25, 0.3) is 15.7 Å². The number of hydrogen-bond acceptors (Lipinski definition) is 6. The van der Waals surface area contributed by atoms with Crippen molar-refractivity contribution in [1.29, 1.82) is 0 Å². The number of nitrogens with zero attached hydrogens (tertiary/aromatic N) is 3. The first-order valence-corrected chi connectivity index (χ1v) is 12.9. The van der Waals surface area contributed by atoms with E-state index < -0.39 is 43.7 Å². The fourth-order valence-electron chi connectivity index (χ4n) is 3.86. The van der Waals surface area contributed by atoms with Gasteiger partial charge < -0.3 is 10.2 Å². The van der Waals surface area contributed by atoms with Crippen molar-refractivity contribution in [3.05, 3.63) is 78.5 Å². The van der Waals surface area contributed by atoms with Crippen LogP contribution in [0, 0.1) is 0 Å². The van der Waals surface area contributed by atoms with Crippen molar-refractivity contribution in [3.63, 3.8) is 0 Å². The smallest absolute Gasteiger partial charge is 0.308 e. The number of aromatic nitrogens is 1. The van der Waals surface area contributed by atoms with E-state index >= 15 is 0 Å². The van der Waals surface area contributed by atoms with Crippen LogP contribution in [0.4, 0.5) is 40.0 Å². The molecule has 10 nitrogen and oxygen atoms in total. The lowest BCUT2D eigenvalue weighted by Crippen LogP contribution is -2.43. The summed E-state index contributed by atoms with van der Waals surface area (Å²) < 4.78 is 61.9. The molecule has 4 rings (SSSR count). The molecular formula is C25H22F3N5O5S. The first-order chi connectivity index (χ1) is 18.2. The van der Waals surface area contributed by atoms with E-state index in [-0.39, 0.29) is 18.1 Å². The molecular weight excluding hydrogens is 539 g/mol. The second-order valence-electron chi connectivity index (χ2n) is 9.01. The van der Waals surface area contributed by atoms with Crippen LogP contribution in [-0.2, 0) is 21.2 Å². The minimum Gasteiger partial charge on any atom is -0.308 e. The molecule has 0 bridgehead atoms. The van der Waals surface area contributed by atoms with Crippen LogP contribution >= 0.6 is 0 Å². The third-order valence-electron chi connectivity index (χ3n) is 5.97. The van der Waals surface area contributed by atoms with Crippen LogP contribution in [0.1, 0.15) is 19.4 Å². The van der Waals surface area contributed by atoms with Crippen LogP contribution in [0.15, 0.2) is 77.8 Å². The van der Waals surface area contributed by atoms with Crippen LogP contribution in [0.5, 0.6) is 0 Å². The maximum absolute atomic E-state index is 13.3. The maximum Gasteiger partial charge on any atom is 0.501 e. The first-order valence-electron chi connectivity index (χ1n) is 11.4. The van der Waals surface area contributed by atoms with Crippen LogP contribution in [0.25, 0.3) is 0 Å². The molecule has 0 unspecified atom stereocenters. The van der Waals surface area contributed by atoms with Gasteiger partial charge >= 0.3 is 17.6 Å². The van der Waals surface area contributed by atoms with Gasteiger partial charge in [-0.05, 0) is 67.9 Å². The van der Waals surface area contributed by atoms with Gasteiger partial charge in [0.2, 0.25) is 0 Å². The zero-order chi connectivity index (χ0) is 28.6. The lowest BCUT2D eigenvalue weighted by Gasteiger charge is -2.27. The van der Waals surface area contributed by atoms with Crippen molar-refractivity contribution in [2.45, 2.75) is 36.3 Å².